The minimum atomic E-state index is -1.37. The zero-order chi connectivity index (χ0) is 38.0. The molecule has 2 nitrogen and oxygen atoms in total. The maximum atomic E-state index is 4.77. The fourth-order valence-electron chi connectivity index (χ4n) is 8.23. The number of hydrogen-bond acceptors (Lipinski definition) is 3. The van der Waals surface area contributed by atoms with Gasteiger partial charge in [0.2, 0.25) is 0 Å². The van der Waals surface area contributed by atoms with Crippen molar-refractivity contribution in [2.45, 2.75) is 92.8 Å². The van der Waals surface area contributed by atoms with Crippen LogP contribution in [-0.4, -0.2) is 18.0 Å². The number of benzene rings is 4. The molecule has 1 saturated carbocycles. The van der Waals surface area contributed by atoms with Gasteiger partial charge >= 0.3 is 0 Å². The van der Waals surface area contributed by atoms with Gasteiger partial charge in [-0.3, -0.25) is 0 Å². The van der Waals surface area contributed by atoms with Crippen molar-refractivity contribution < 1.29 is 20.1 Å². The molecule has 1 fully saturated rings. The first kappa shape index (κ1) is 40.9. The summed E-state index contributed by atoms with van der Waals surface area (Å²) in [5.74, 6) is 0.840. The monoisotopic (exact) mass is 935 g/mol. The number of thiophene rings is 1. The van der Waals surface area contributed by atoms with Gasteiger partial charge in [-0.05, 0) is 99.1 Å². The van der Waals surface area contributed by atoms with Gasteiger partial charge in [-0.25, -0.2) is 0 Å². The number of aryl methyl sites for hydroxylation is 2. The molecule has 0 spiro atoms. The van der Waals surface area contributed by atoms with E-state index in [4.69, 9.17) is 9.97 Å². The molecule has 3 aromatic heterocycles. The Bertz CT molecular complexity index is 2370. The number of aromatic nitrogens is 2. The molecule has 55 heavy (non-hydrogen) atoms. The largest absolute Gasteiger partial charge is 0.305 e. The first-order chi connectivity index (χ1) is 25.8. The Morgan fingerprint density at radius 1 is 0.782 bits per heavy atom. The van der Waals surface area contributed by atoms with Crippen LogP contribution >= 0.6 is 11.3 Å². The van der Waals surface area contributed by atoms with Crippen molar-refractivity contribution in [3.05, 3.63) is 138 Å². The van der Waals surface area contributed by atoms with Crippen molar-refractivity contribution >= 4 is 44.8 Å². The molecule has 1 aliphatic carbocycles. The molecule has 0 unspecified atom stereocenters. The molecular formula is C50H54IrN2SSi-2. The van der Waals surface area contributed by atoms with E-state index in [1.807, 2.05) is 35.7 Å². The molecular weight excluding hydrogens is 881 g/mol. The van der Waals surface area contributed by atoms with Gasteiger partial charge in [0.1, 0.15) is 0 Å². The van der Waals surface area contributed by atoms with Crippen molar-refractivity contribution in [1.82, 2.24) is 9.97 Å². The van der Waals surface area contributed by atoms with E-state index in [9.17, 15) is 0 Å². The first-order valence-corrected chi connectivity index (χ1v) is 24.0. The van der Waals surface area contributed by atoms with Crippen LogP contribution in [0, 0.1) is 37.3 Å². The van der Waals surface area contributed by atoms with Crippen LogP contribution in [0.25, 0.3) is 53.8 Å². The second-order valence-corrected chi connectivity index (χ2v) is 23.7. The van der Waals surface area contributed by atoms with Crippen LogP contribution in [0.15, 0.2) is 103 Å². The summed E-state index contributed by atoms with van der Waals surface area (Å²) in [7, 11) is -1.37. The van der Waals surface area contributed by atoms with E-state index >= 15 is 0 Å². The van der Waals surface area contributed by atoms with Gasteiger partial charge < -0.3 is 9.97 Å². The molecule has 8 rings (SSSR count). The van der Waals surface area contributed by atoms with E-state index in [-0.39, 0.29) is 25.5 Å². The second kappa shape index (κ2) is 17.2. The standard InChI is InChI=1S/C31H28NS.C19H26NSi.Ir/c1-20-7-5-8-21(2)30(20)24-13-14-25-26-11-6-12-27(31(26)33-29(25)19-24)28-18-23(15-16-32-28)17-22-9-3-4-10-22;1-19(2,3)13-16-12-17(15-10-8-7-9-11-15)20-14-18(16)21(4,5)6;/h5-8,11,13-16,18-19,22H,3-4,9-10,17H2,1-2H3;7-10,12,14H,13H2,1-6H3;/q2*-1;. The molecule has 0 atom stereocenters. The fraction of sp³-hybridized carbons (Fsp3) is 0.320. The number of rotatable bonds is 7. The summed E-state index contributed by atoms with van der Waals surface area (Å²) in [6.45, 7) is 18.5. The Kier molecular flexibility index (Phi) is 12.8. The predicted molar refractivity (Wildman–Crippen MR) is 237 cm³/mol. The number of nitrogens with zero attached hydrogens (tertiary/aromatic N) is 2. The van der Waals surface area contributed by atoms with Crippen LogP contribution in [0.3, 0.4) is 0 Å². The van der Waals surface area contributed by atoms with Crippen LogP contribution in [0.1, 0.15) is 68.7 Å². The van der Waals surface area contributed by atoms with E-state index in [2.05, 4.69) is 145 Å². The number of hydrogen-bond donors (Lipinski definition) is 0. The SMILES string of the molecule is CC(C)(C)Cc1cc(-c2[c-]cccc2)ncc1[Si](C)(C)C.Cc1cccc(C)c1-c1ccc2c(c1)sc1c(-c3cc(CC4CCCC4)ccn3)[c-]ccc12.[Ir]. The summed E-state index contributed by atoms with van der Waals surface area (Å²) in [6, 6.07) is 39.4. The Labute approximate surface area is 348 Å². The predicted octanol–water partition coefficient (Wildman–Crippen LogP) is 13.6. The summed E-state index contributed by atoms with van der Waals surface area (Å²) in [6.07, 6.45) is 11.9. The number of pyridine rings is 2. The molecule has 0 saturated heterocycles. The van der Waals surface area contributed by atoms with Crippen LogP contribution in [0.4, 0.5) is 0 Å². The summed E-state index contributed by atoms with van der Waals surface area (Å²) >= 11 is 1.87. The maximum Gasteiger partial charge on any atom is 0.0798 e. The third-order valence-electron chi connectivity index (χ3n) is 10.8. The maximum absolute atomic E-state index is 4.77. The van der Waals surface area contributed by atoms with E-state index in [0.717, 1.165) is 34.9 Å². The normalized spacial score (nSPS) is 13.5. The van der Waals surface area contributed by atoms with E-state index in [1.54, 1.807) is 0 Å². The average Bonchev–Trinajstić information content (AvgIpc) is 3.79. The van der Waals surface area contributed by atoms with Crippen molar-refractivity contribution in [2.24, 2.45) is 11.3 Å². The molecule has 0 aliphatic heterocycles. The van der Waals surface area contributed by atoms with Crippen LogP contribution < -0.4 is 5.19 Å². The number of fused-ring (bicyclic) bond motifs is 3. The summed E-state index contributed by atoms with van der Waals surface area (Å²) in [5.41, 5.74) is 12.8. The Morgan fingerprint density at radius 2 is 1.55 bits per heavy atom. The third kappa shape index (κ3) is 9.63. The molecule has 5 heteroatoms. The second-order valence-electron chi connectivity index (χ2n) is 17.6. The van der Waals surface area contributed by atoms with Gasteiger partial charge in [0.25, 0.3) is 0 Å². The Morgan fingerprint density at radius 3 is 2.24 bits per heavy atom. The van der Waals surface area contributed by atoms with Gasteiger partial charge in [0.15, 0.2) is 0 Å². The average molecular weight is 935 g/mol. The Balaban J connectivity index is 0.000000204. The molecule has 1 aliphatic rings. The molecule has 3 heterocycles. The van der Waals surface area contributed by atoms with E-state index in [0.29, 0.717) is 0 Å². The smallest absolute Gasteiger partial charge is 0.0798 e. The van der Waals surface area contributed by atoms with Crippen molar-refractivity contribution in [3.8, 4) is 33.6 Å². The zero-order valence-corrected chi connectivity index (χ0v) is 38.0. The van der Waals surface area contributed by atoms with Gasteiger partial charge in [-0.15, -0.1) is 59.7 Å². The van der Waals surface area contributed by atoms with Gasteiger partial charge in [-0.2, -0.15) is 11.3 Å². The van der Waals surface area contributed by atoms with Crippen LogP contribution in [-0.2, 0) is 32.9 Å². The molecule has 0 N–H and O–H groups in total. The van der Waals surface area contributed by atoms with Gasteiger partial charge in [0.05, 0.1) is 8.07 Å². The van der Waals surface area contributed by atoms with Crippen molar-refractivity contribution in [1.29, 1.82) is 0 Å². The van der Waals surface area contributed by atoms with Gasteiger partial charge in [0, 0.05) is 37.2 Å². The Hall–Kier alpha value is -3.73. The van der Waals surface area contributed by atoms with Crippen molar-refractivity contribution in [3.63, 3.8) is 0 Å². The van der Waals surface area contributed by atoms with E-state index < -0.39 is 8.07 Å². The molecule has 0 amide bonds. The minimum Gasteiger partial charge on any atom is -0.305 e. The zero-order valence-electron chi connectivity index (χ0n) is 33.8. The summed E-state index contributed by atoms with van der Waals surface area (Å²) < 4.78 is 2.62. The quantitative estimate of drug-likeness (QED) is 0.118. The first-order valence-electron chi connectivity index (χ1n) is 19.7. The van der Waals surface area contributed by atoms with E-state index in [1.165, 1.54) is 90.8 Å². The molecule has 7 aromatic rings. The van der Waals surface area contributed by atoms with Crippen molar-refractivity contribution in [2.75, 3.05) is 0 Å². The molecule has 4 aromatic carbocycles. The molecule has 285 valence electrons. The minimum absolute atomic E-state index is 0. The van der Waals surface area contributed by atoms with Gasteiger partial charge in [-0.1, -0.05) is 125 Å². The van der Waals surface area contributed by atoms with Crippen LogP contribution in [0.2, 0.25) is 19.6 Å². The third-order valence-corrected chi connectivity index (χ3v) is 14.0. The molecule has 0 bridgehead atoms. The van der Waals surface area contributed by atoms with Crippen LogP contribution in [0.5, 0.6) is 0 Å². The topological polar surface area (TPSA) is 25.8 Å². The fourth-order valence-corrected chi connectivity index (χ4v) is 11.1. The summed E-state index contributed by atoms with van der Waals surface area (Å²) in [5, 5.41) is 4.11. The molecule has 1 radical (unpaired) electrons. The summed E-state index contributed by atoms with van der Waals surface area (Å²) in [4.78, 5) is 9.48.